The first-order valence-electron chi connectivity index (χ1n) is 9.49. The number of aromatic nitrogens is 2. The van der Waals surface area contributed by atoms with Gasteiger partial charge in [-0.2, -0.15) is 4.98 Å². The van der Waals surface area contributed by atoms with E-state index < -0.39 is 0 Å². The number of aryl methyl sites for hydroxylation is 2. The van der Waals surface area contributed by atoms with Crippen molar-refractivity contribution in [2.45, 2.75) is 39.2 Å². The largest absolute Gasteiger partial charge is 0.493 e. The summed E-state index contributed by atoms with van der Waals surface area (Å²) in [7, 11) is 0. The van der Waals surface area contributed by atoms with E-state index in [1.54, 1.807) is 0 Å². The Morgan fingerprint density at radius 1 is 1.32 bits per heavy atom. The third-order valence-electron chi connectivity index (χ3n) is 4.82. The highest BCUT2D eigenvalue weighted by molar-refractivity contribution is 7.13. The summed E-state index contributed by atoms with van der Waals surface area (Å²) in [6, 6.07) is 11.6. The SMILES string of the molecule is Cc1cccc(OCCc2noc(C3CCCN3C(=O)c3ccc(C)s3)n2)c1. The summed E-state index contributed by atoms with van der Waals surface area (Å²) < 4.78 is 11.2. The molecule has 1 aliphatic heterocycles. The predicted molar refractivity (Wildman–Crippen MR) is 107 cm³/mol. The molecule has 3 aromatic rings. The molecule has 28 heavy (non-hydrogen) atoms. The number of ether oxygens (including phenoxy) is 1. The Morgan fingerprint density at radius 2 is 2.21 bits per heavy atom. The van der Waals surface area contributed by atoms with Crippen molar-refractivity contribution in [1.29, 1.82) is 0 Å². The Balaban J connectivity index is 1.38. The van der Waals surface area contributed by atoms with E-state index in [2.05, 4.69) is 10.1 Å². The second-order valence-corrected chi connectivity index (χ2v) is 8.32. The zero-order valence-electron chi connectivity index (χ0n) is 16.1. The fourth-order valence-electron chi connectivity index (χ4n) is 3.43. The van der Waals surface area contributed by atoms with Crippen LogP contribution in [0.2, 0.25) is 0 Å². The van der Waals surface area contributed by atoms with Crippen molar-refractivity contribution in [1.82, 2.24) is 15.0 Å². The molecular weight excluding hydrogens is 374 g/mol. The molecular formula is C21H23N3O3S. The maximum Gasteiger partial charge on any atom is 0.264 e. The van der Waals surface area contributed by atoms with Crippen molar-refractivity contribution in [3.63, 3.8) is 0 Å². The van der Waals surface area contributed by atoms with Gasteiger partial charge in [-0.1, -0.05) is 17.3 Å². The molecule has 0 N–H and O–H groups in total. The maximum atomic E-state index is 12.8. The quantitative estimate of drug-likeness (QED) is 0.619. The molecule has 1 amide bonds. The molecule has 0 aliphatic carbocycles. The molecule has 0 radical (unpaired) electrons. The van der Waals surface area contributed by atoms with E-state index in [1.807, 2.05) is 55.1 Å². The maximum absolute atomic E-state index is 12.8. The van der Waals surface area contributed by atoms with Crippen LogP contribution in [0.25, 0.3) is 0 Å². The van der Waals surface area contributed by atoms with E-state index in [9.17, 15) is 4.79 Å². The number of thiophene rings is 1. The highest BCUT2D eigenvalue weighted by Gasteiger charge is 2.34. The number of hydrogen-bond donors (Lipinski definition) is 0. The number of rotatable bonds is 6. The van der Waals surface area contributed by atoms with Gasteiger partial charge in [-0.3, -0.25) is 4.79 Å². The first kappa shape index (κ1) is 18.7. The minimum atomic E-state index is -0.145. The van der Waals surface area contributed by atoms with E-state index in [1.165, 1.54) is 11.3 Å². The molecule has 7 heteroatoms. The lowest BCUT2D eigenvalue weighted by atomic mass is 10.2. The Labute approximate surface area is 168 Å². The van der Waals surface area contributed by atoms with Gasteiger partial charge in [0.2, 0.25) is 5.89 Å². The van der Waals surface area contributed by atoms with Gasteiger partial charge in [-0.15, -0.1) is 11.3 Å². The summed E-state index contributed by atoms with van der Waals surface area (Å²) in [6.07, 6.45) is 2.34. The van der Waals surface area contributed by atoms with E-state index in [-0.39, 0.29) is 11.9 Å². The van der Waals surface area contributed by atoms with Gasteiger partial charge in [0.15, 0.2) is 5.82 Å². The zero-order valence-corrected chi connectivity index (χ0v) is 16.9. The number of carbonyl (C=O) groups is 1. The van der Waals surface area contributed by atoms with Crippen molar-refractivity contribution >= 4 is 17.2 Å². The molecule has 4 rings (SSSR count). The molecule has 3 heterocycles. The summed E-state index contributed by atoms with van der Waals surface area (Å²) in [6.45, 7) is 5.23. The van der Waals surface area contributed by atoms with Crippen LogP contribution in [0.3, 0.4) is 0 Å². The lowest BCUT2D eigenvalue weighted by Gasteiger charge is -2.21. The molecule has 6 nitrogen and oxygen atoms in total. The molecule has 2 aromatic heterocycles. The number of likely N-dealkylation sites (tertiary alicyclic amines) is 1. The van der Waals surface area contributed by atoms with Gasteiger partial charge in [0, 0.05) is 17.8 Å². The van der Waals surface area contributed by atoms with Gasteiger partial charge in [0.25, 0.3) is 5.91 Å². The Hall–Kier alpha value is -2.67. The Morgan fingerprint density at radius 3 is 3.00 bits per heavy atom. The van der Waals surface area contributed by atoms with Crippen LogP contribution in [0, 0.1) is 13.8 Å². The van der Waals surface area contributed by atoms with Gasteiger partial charge in [0.05, 0.1) is 11.5 Å². The van der Waals surface area contributed by atoms with Gasteiger partial charge < -0.3 is 14.2 Å². The van der Waals surface area contributed by atoms with Crippen LogP contribution in [0.5, 0.6) is 5.75 Å². The molecule has 146 valence electrons. The molecule has 0 bridgehead atoms. The minimum Gasteiger partial charge on any atom is -0.493 e. The third-order valence-corrected chi connectivity index (χ3v) is 5.81. The van der Waals surface area contributed by atoms with Crippen LogP contribution >= 0.6 is 11.3 Å². The highest BCUT2D eigenvalue weighted by Crippen LogP contribution is 2.33. The normalized spacial score (nSPS) is 16.5. The minimum absolute atomic E-state index is 0.0446. The molecule has 1 aliphatic rings. The zero-order chi connectivity index (χ0) is 19.5. The van der Waals surface area contributed by atoms with Crippen LogP contribution in [-0.4, -0.2) is 34.1 Å². The number of amides is 1. The summed E-state index contributed by atoms with van der Waals surface area (Å²) in [5, 5.41) is 4.08. The topological polar surface area (TPSA) is 68.5 Å². The first-order valence-corrected chi connectivity index (χ1v) is 10.3. The smallest absolute Gasteiger partial charge is 0.264 e. The summed E-state index contributed by atoms with van der Waals surface area (Å²) in [4.78, 5) is 21.1. The molecule has 1 unspecified atom stereocenters. The standard InChI is InChI=1S/C21H23N3O3S/c1-14-5-3-6-16(13-14)26-12-10-19-22-20(27-23-19)17-7-4-11-24(17)21(25)18-9-8-15(2)28-18/h3,5-6,8-9,13,17H,4,7,10-12H2,1-2H3. The average Bonchev–Trinajstić information content (AvgIpc) is 3.41. The molecule has 0 spiro atoms. The number of benzene rings is 1. The van der Waals surface area contributed by atoms with Crippen molar-refractivity contribution in [3.05, 3.63) is 63.4 Å². The summed E-state index contributed by atoms with van der Waals surface area (Å²) >= 11 is 1.52. The van der Waals surface area contributed by atoms with Crippen LogP contribution in [0.1, 0.15) is 50.7 Å². The van der Waals surface area contributed by atoms with Gasteiger partial charge >= 0.3 is 0 Å². The van der Waals surface area contributed by atoms with Crippen LogP contribution in [0.4, 0.5) is 0 Å². The van der Waals surface area contributed by atoms with E-state index in [4.69, 9.17) is 9.26 Å². The molecule has 0 saturated carbocycles. The average molecular weight is 398 g/mol. The van der Waals surface area contributed by atoms with Crippen molar-refractivity contribution < 1.29 is 14.1 Å². The monoisotopic (exact) mass is 397 g/mol. The van der Waals surface area contributed by atoms with E-state index in [0.717, 1.165) is 33.9 Å². The number of nitrogens with zero attached hydrogens (tertiary/aromatic N) is 3. The number of carbonyl (C=O) groups excluding carboxylic acids is 1. The van der Waals surface area contributed by atoms with Gasteiger partial charge in [-0.05, 0) is 56.5 Å². The second-order valence-electron chi connectivity index (χ2n) is 7.03. The van der Waals surface area contributed by atoms with Gasteiger partial charge in [0.1, 0.15) is 11.8 Å². The summed E-state index contributed by atoms with van der Waals surface area (Å²) in [5.74, 6) is 2.00. The Bertz CT molecular complexity index is 965. The molecule has 1 saturated heterocycles. The lowest BCUT2D eigenvalue weighted by molar-refractivity contribution is 0.0715. The van der Waals surface area contributed by atoms with Crippen LogP contribution in [0.15, 0.2) is 40.9 Å². The third kappa shape index (κ3) is 4.09. The second kappa shape index (κ2) is 8.14. The van der Waals surface area contributed by atoms with E-state index in [0.29, 0.717) is 31.3 Å². The number of hydrogen-bond acceptors (Lipinski definition) is 6. The van der Waals surface area contributed by atoms with E-state index >= 15 is 0 Å². The van der Waals surface area contributed by atoms with Crippen LogP contribution in [-0.2, 0) is 6.42 Å². The molecule has 1 aromatic carbocycles. The highest BCUT2D eigenvalue weighted by atomic mass is 32.1. The van der Waals surface area contributed by atoms with Crippen LogP contribution < -0.4 is 4.74 Å². The lowest BCUT2D eigenvalue weighted by Crippen LogP contribution is -2.30. The Kier molecular flexibility index (Phi) is 5.43. The predicted octanol–water partition coefficient (Wildman–Crippen LogP) is 4.35. The van der Waals surface area contributed by atoms with Crippen molar-refractivity contribution in [2.24, 2.45) is 0 Å². The fraction of sp³-hybridized carbons (Fsp3) is 0.381. The molecule has 1 atom stereocenters. The van der Waals surface area contributed by atoms with Crippen molar-refractivity contribution in [2.75, 3.05) is 13.2 Å². The first-order chi connectivity index (χ1) is 13.6. The van der Waals surface area contributed by atoms with Crippen molar-refractivity contribution in [3.8, 4) is 5.75 Å². The summed E-state index contributed by atoms with van der Waals surface area (Å²) in [5.41, 5.74) is 1.16. The molecule has 1 fully saturated rings. The van der Waals surface area contributed by atoms with Gasteiger partial charge in [-0.25, -0.2) is 0 Å². The fourth-order valence-corrected chi connectivity index (χ4v) is 4.25.